The predicted octanol–water partition coefficient (Wildman–Crippen LogP) is 0.386. The van der Waals surface area contributed by atoms with E-state index in [0.29, 0.717) is 5.52 Å². The quantitative estimate of drug-likeness (QED) is 0.587. The maximum atomic E-state index is 4.14. The van der Waals surface area contributed by atoms with Crippen LogP contribution in [0.2, 0.25) is 0 Å². The monoisotopic (exact) mass is 215 g/mol. The highest BCUT2D eigenvalue weighted by Gasteiger charge is 2.05. The Morgan fingerprint density at radius 3 is 2.69 bits per heavy atom. The third-order valence-electron chi connectivity index (χ3n) is 2.12. The molecule has 0 amide bonds. The third kappa shape index (κ3) is 1.51. The summed E-state index contributed by atoms with van der Waals surface area (Å²) in [5, 5.41) is 8.01. The molecular weight excluding hydrogens is 206 g/mol. The zero-order valence-corrected chi connectivity index (χ0v) is 8.28. The molecule has 0 saturated heterocycles. The van der Waals surface area contributed by atoms with E-state index >= 15 is 0 Å². The normalized spacial score (nSPS) is 10.0. The largest absolute Gasteiger partial charge is 0.412 e. The van der Waals surface area contributed by atoms with Crippen LogP contribution in [0.4, 0.5) is 0 Å². The minimum Gasteiger partial charge on any atom is -0.412 e. The number of hydrogen-bond acceptors (Lipinski definition) is 4. The standard InChI is InChI=1S/C10H7N5.H2O/c1-2-4-8(5-3-1)15-10-9(13-14-15)6-11-7-12-10;/h1-7H;1H2. The van der Waals surface area contributed by atoms with Crippen LogP contribution in [-0.2, 0) is 0 Å². The molecule has 0 aliphatic rings. The van der Waals surface area contributed by atoms with Gasteiger partial charge in [0.05, 0.1) is 11.9 Å². The molecule has 80 valence electrons. The minimum absolute atomic E-state index is 0. The summed E-state index contributed by atoms with van der Waals surface area (Å²) in [4.78, 5) is 8.04. The number of para-hydroxylation sites is 1. The van der Waals surface area contributed by atoms with Crippen molar-refractivity contribution in [1.29, 1.82) is 0 Å². The Labute approximate surface area is 90.9 Å². The topological polar surface area (TPSA) is 88.0 Å². The van der Waals surface area contributed by atoms with Crippen molar-refractivity contribution in [1.82, 2.24) is 25.0 Å². The molecular formula is C10H9N5O. The maximum absolute atomic E-state index is 4.14. The summed E-state index contributed by atoms with van der Waals surface area (Å²) in [6.07, 6.45) is 3.14. The lowest BCUT2D eigenvalue weighted by Crippen LogP contribution is -1.97. The van der Waals surface area contributed by atoms with Crippen LogP contribution in [0, 0.1) is 0 Å². The van der Waals surface area contributed by atoms with Crippen LogP contribution in [0.1, 0.15) is 0 Å². The fourth-order valence-electron chi connectivity index (χ4n) is 1.43. The molecule has 2 aromatic heterocycles. The van der Waals surface area contributed by atoms with Gasteiger partial charge in [0.1, 0.15) is 6.33 Å². The van der Waals surface area contributed by atoms with Gasteiger partial charge < -0.3 is 5.48 Å². The second kappa shape index (κ2) is 4.03. The van der Waals surface area contributed by atoms with E-state index in [1.54, 1.807) is 10.9 Å². The average molecular weight is 215 g/mol. The number of rotatable bonds is 1. The summed E-state index contributed by atoms with van der Waals surface area (Å²) in [5.41, 5.74) is 2.36. The highest BCUT2D eigenvalue weighted by Crippen LogP contribution is 2.11. The molecule has 0 saturated carbocycles. The van der Waals surface area contributed by atoms with E-state index in [0.717, 1.165) is 11.3 Å². The molecule has 0 aliphatic heterocycles. The van der Waals surface area contributed by atoms with Crippen LogP contribution in [-0.4, -0.2) is 30.4 Å². The SMILES string of the molecule is O.c1ccc(-n2nnc3cncnc32)cc1. The number of hydrogen-bond donors (Lipinski definition) is 0. The lowest BCUT2D eigenvalue weighted by atomic mass is 10.3. The Bertz CT molecular complexity index is 592. The average Bonchev–Trinajstić information content (AvgIpc) is 2.74. The third-order valence-corrected chi connectivity index (χ3v) is 2.12. The zero-order valence-electron chi connectivity index (χ0n) is 8.28. The van der Waals surface area contributed by atoms with Crippen molar-refractivity contribution in [2.24, 2.45) is 0 Å². The molecule has 0 aliphatic carbocycles. The van der Waals surface area contributed by atoms with E-state index in [-0.39, 0.29) is 5.48 Å². The van der Waals surface area contributed by atoms with Gasteiger partial charge in [-0.15, -0.1) is 5.10 Å². The first kappa shape index (κ1) is 10.2. The summed E-state index contributed by atoms with van der Waals surface area (Å²) in [6.45, 7) is 0. The van der Waals surface area contributed by atoms with Crippen LogP contribution in [0.15, 0.2) is 42.9 Å². The first-order valence-electron chi connectivity index (χ1n) is 4.52. The second-order valence-corrected chi connectivity index (χ2v) is 3.07. The summed E-state index contributed by atoms with van der Waals surface area (Å²) in [6, 6.07) is 9.76. The molecule has 0 bridgehead atoms. The summed E-state index contributed by atoms with van der Waals surface area (Å²) in [5.74, 6) is 0. The van der Waals surface area contributed by atoms with E-state index in [9.17, 15) is 0 Å². The molecule has 6 nitrogen and oxygen atoms in total. The Kier molecular flexibility index (Phi) is 2.57. The summed E-state index contributed by atoms with van der Waals surface area (Å²) >= 11 is 0. The Balaban J connectivity index is 0.000000963. The van der Waals surface area contributed by atoms with Gasteiger partial charge in [-0.3, -0.25) is 0 Å². The molecule has 0 spiro atoms. The van der Waals surface area contributed by atoms with E-state index in [2.05, 4.69) is 20.3 Å². The van der Waals surface area contributed by atoms with Gasteiger partial charge in [0.25, 0.3) is 0 Å². The van der Waals surface area contributed by atoms with Gasteiger partial charge in [0.2, 0.25) is 0 Å². The highest BCUT2D eigenvalue weighted by atomic mass is 16.0. The van der Waals surface area contributed by atoms with Crippen molar-refractivity contribution >= 4 is 11.2 Å². The van der Waals surface area contributed by atoms with Gasteiger partial charge >= 0.3 is 0 Å². The van der Waals surface area contributed by atoms with Gasteiger partial charge in [0, 0.05) is 0 Å². The lowest BCUT2D eigenvalue weighted by molar-refractivity contribution is 0.817. The zero-order chi connectivity index (χ0) is 10.1. The Morgan fingerprint density at radius 2 is 1.88 bits per heavy atom. The first-order valence-corrected chi connectivity index (χ1v) is 4.52. The fraction of sp³-hybridized carbons (Fsp3) is 0. The minimum atomic E-state index is 0. The molecule has 0 radical (unpaired) electrons. The molecule has 3 aromatic rings. The fourth-order valence-corrected chi connectivity index (χ4v) is 1.43. The molecule has 3 rings (SSSR count). The van der Waals surface area contributed by atoms with E-state index in [1.807, 2.05) is 30.3 Å². The lowest BCUT2D eigenvalue weighted by Gasteiger charge is -1.98. The highest BCUT2D eigenvalue weighted by molar-refractivity contribution is 5.69. The Morgan fingerprint density at radius 1 is 1.06 bits per heavy atom. The van der Waals surface area contributed by atoms with E-state index in [1.165, 1.54) is 6.33 Å². The molecule has 0 fully saturated rings. The van der Waals surface area contributed by atoms with Crippen molar-refractivity contribution in [3.63, 3.8) is 0 Å². The number of aromatic nitrogens is 5. The van der Waals surface area contributed by atoms with E-state index < -0.39 is 0 Å². The molecule has 2 heterocycles. The number of nitrogens with zero attached hydrogens (tertiary/aromatic N) is 5. The molecule has 0 atom stereocenters. The van der Waals surface area contributed by atoms with Crippen LogP contribution in [0.3, 0.4) is 0 Å². The van der Waals surface area contributed by atoms with Crippen molar-refractivity contribution in [2.45, 2.75) is 0 Å². The Hall–Kier alpha value is -2.34. The van der Waals surface area contributed by atoms with E-state index in [4.69, 9.17) is 0 Å². The summed E-state index contributed by atoms with van der Waals surface area (Å²) in [7, 11) is 0. The van der Waals surface area contributed by atoms with Crippen molar-refractivity contribution in [3.8, 4) is 5.69 Å². The maximum Gasteiger partial charge on any atom is 0.186 e. The van der Waals surface area contributed by atoms with Gasteiger partial charge in [-0.25, -0.2) is 9.97 Å². The van der Waals surface area contributed by atoms with Gasteiger partial charge in [-0.1, -0.05) is 23.4 Å². The predicted molar refractivity (Wildman–Crippen MR) is 58.1 cm³/mol. The van der Waals surface area contributed by atoms with Crippen LogP contribution in [0.25, 0.3) is 16.9 Å². The molecule has 6 heteroatoms. The van der Waals surface area contributed by atoms with Crippen molar-refractivity contribution in [3.05, 3.63) is 42.9 Å². The smallest absolute Gasteiger partial charge is 0.186 e. The van der Waals surface area contributed by atoms with Crippen LogP contribution in [0.5, 0.6) is 0 Å². The summed E-state index contributed by atoms with van der Waals surface area (Å²) < 4.78 is 1.69. The van der Waals surface area contributed by atoms with Crippen LogP contribution < -0.4 is 0 Å². The number of benzene rings is 1. The molecule has 0 unspecified atom stereocenters. The second-order valence-electron chi connectivity index (χ2n) is 3.07. The van der Waals surface area contributed by atoms with Gasteiger partial charge in [0.15, 0.2) is 11.2 Å². The van der Waals surface area contributed by atoms with Crippen LogP contribution >= 0.6 is 0 Å². The van der Waals surface area contributed by atoms with Crippen molar-refractivity contribution in [2.75, 3.05) is 0 Å². The molecule has 1 aromatic carbocycles. The molecule has 16 heavy (non-hydrogen) atoms. The first-order chi connectivity index (χ1) is 7.45. The number of fused-ring (bicyclic) bond motifs is 1. The van der Waals surface area contributed by atoms with Gasteiger partial charge in [-0.2, -0.15) is 4.68 Å². The van der Waals surface area contributed by atoms with Crippen molar-refractivity contribution < 1.29 is 5.48 Å². The van der Waals surface area contributed by atoms with Gasteiger partial charge in [-0.05, 0) is 12.1 Å². The molecule has 2 N–H and O–H groups in total.